The third kappa shape index (κ3) is 19.7. The van der Waals surface area contributed by atoms with Crippen molar-refractivity contribution in [3.8, 4) is 0 Å². The molecule has 0 rings (SSSR count). The van der Waals surface area contributed by atoms with Gasteiger partial charge in [-0.1, -0.05) is 69.9 Å². The van der Waals surface area contributed by atoms with Crippen LogP contribution in [0.5, 0.6) is 0 Å². The Labute approximate surface area is 189 Å². The molecule has 0 aliphatic heterocycles. The quantitative estimate of drug-likeness (QED) is 0.186. The second-order valence-corrected chi connectivity index (χ2v) is 9.50. The summed E-state index contributed by atoms with van der Waals surface area (Å²) in [7, 11) is 0. The third-order valence-electron chi connectivity index (χ3n) is 5.40. The molecule has 0 saturated heterocycles. The highest BCUT2D eigenvalue weighted by Gasteiger charge is 1.94. The van der Waals surface area contributed by atoms with Crippen LogP contribution in [0.25, 0.3) is 0 Å². The van der Waals surface area contributed by atoms with Gasteiger partial charge in [0.05, 0.1) is 0 Å². The van der Waals surface area contributed by atoms with Crippen LogP contribution < -0.4 is 0 Å². The predicted molar refractivity (Wildman–Crippen MR) is 140 cm³/mol. The fraction of sp³-hybridized carbons (Fsp3) is 0.600. The van der Waals surface area contributed by atoms with Gasteiger partial charge in [-0.05, 0) is 120 Å². The molecule has 0 bridgehead atoms. The van der Waals surface area contributed by atoms with Gasteiger partial charge < -0.3 is 0 Å². The van der Waals surface area contributed by atoms with E-state index >= 15 is 0 Å². The second-order valence-electron chi connectivity index (χ2n) is 9.50. The summed E-state index contributed by atoms with van der Waals surface area (Å²) in [5.41, 5.74) is 8.97. The Hall–Kier alpha value is -1.56. The predicted octanol–water partition coefficient (Wildman–Crippen LogP) is 10.6. The normalized spacial score (nSPS) is 13.5. The van der Waals surface area contributed by atoms with Gasteiger partial charge in [0, 0.05) is 0 Å². The molecular formula is C30H50. The zero-order valence-electron chi connectivity index (χ0n) is 21.5. The second kappa shape index (κ2) is 18.2. The molecule has 0 atom stereocenters. The molecule has 0 spiro atoms. The van der Waals surface area contributed by atoms with Gasteiger partial charge in [-0.15, -0.1) is 0 Å². The number of unbranched alkanes of at least 4 members (excludes halogenated alkanes) is 1. The highest BCUT2D eigenvalue weighted by molar-refractivity contribution is 5.08. The van der Waals surface area contributed by atoms with Crippen molar-refractivity contribution in [2.24, 2.45) is 0 Å². The maximum atomic E-state index is 2.43. The molecule has 0 amide bonds. The van der Waals surface area contributed by atoms with E-state index in [-0.39, 0.29) is 0 Å². The van der Waals surface area contributed by atoms with Gasteiger partial charge in [-0.25, -0.2) is 0 Å². The van der Waals surface area contributed by atoms with Crippen LogP contribution in [0.1, 0.15) is 120 Å². The Balaban J connectivity index is 4.05. The van der Waals surface area contributed by atoms with E-state index in [9.17, 15) is 0 Å². The number of allylic oxidation sites excluding steroid dienone is 12. The smallest absolute Gasteiger partial charge is 0.0288 e. The first-order valence-electron chi connectivity index (χ1n) is 12.1. The Kier molecular flexibility index (Phi) is 17.3. The maximum Gasteiger partial charge on any atom is -0.0288 e. The first kappa shape index (κ1) is 28.4. The lowest BCUT2D eigenvalue weighted by molar-refractivity contribution is 0.896. The molecule has 0 heterocycles. The molecule has 0 radical (unpaired) electrons. The molecule has 0 heteroatoms. The van der Waals surface area contributed by atoms with Gasteiger partial charge in [-0.2, -0.15) is 0 Å². The maximum absolute atomic E-state index is 2.43. The topological polar surface area (TPSA) is 0 Å². The van der Waals surface area contributed by atoms with Crippen molar-refractivity contribution in [2.75, 3.05) is 0 Å². The van der Waals surface area contributed by atoms with Gasteiger partial charge in [0.1, 0.15) is 0 Å². The molecule has 0 nitrogen and oxygen atoms in total. The van der Waals surface area contributed by atoms with E-state index in [1.165, 1.54) is 97.6 Å². The van der Waals surface area contributed by atoms with E-state index in [0.29, 0.717) is 0 Å². The van der Waals surface area contributed by atoms with Crippen molar-refractivity contribution in [3.05, 3.63) is 69.9 Å². The van der Waals surface area contributed by atoms with Crippen LogP contribution in [0.2, 0.25) is 0 Å². The Bertz CT molecular complexity index is 578. The summed E-state index contributed by atoms with van der Waals surface area (Å²) in [5, 5.41) is 0. The molecule has 30 heavy (non-hydrogen) atoms. The van der Waals surface area contributed by atoms with E-state index in [2.05, 4.69) is 91.8 Å². The van der Waals surface area contributed by atoms with Crippen LogP contribution >= 0.6 is 0 Å². The minimum absolute atomic E-state index is 1.17. The van der Waals surface area contributed by atoms with Crippen molar-refractivity contribution in [3.63, 3.8) is 0 Å². The average molecular weight is 411 g/mol. The molecule has 0 fully saturated rings. The average Bonchev–Trinajstić information content (AvgIpc) is 2.64. The fourth-order valence-corrected chi connectivity index (χ4v) is 3.34. The largest absolute Gasteiger partial charge is 0.0856 e. The van der Waals surface area contributed by atoms with Gasteiger partial charge in [-0.3, -0.25) is 0 Å². The summed E-state index contributed by atoms with van der Waals surface area (Å²) in [6.45, 7) is 17.8. The van der Waals surface area contributed by atoms with E-state index in [1.54, 1.807) is 0 Å². The Morgan fingerprint density at radius 3 is 0.833 bits per heavy atom. The van der Waals surface area contributed by atoms with Gasteiger partial charge in [0.15, 0.2) is 0 Å². The summed E-state index contributed by atoms with van der Waals surface area (Å²) in [6.07, 6.45) is 26.2. The number of hydrogen-bond donors (Lipinski definition) is 0. The van der Waals surface area contributed by atoms with E-state index in [1.807, 2.05) is 0 Å². The third-order valence-corrected chi connectivity index (χ3v) is 5.40. The molecule has 0 aromatic heterocycles. The standard InChI is InChI=1S/C30H50/c1-25(2)15-11-19-29(7)23-13-21-27(5)17-9-10-18-28(6)22-14-24-30(8)20-12-16-26(3)4/h15-18,23-24H,9-14,19-22H2,1-8H3/b27-17-,28-18+,29-23-,30-24+. The lowest BCUT2D eigenvalue weighted by Gasteiger charge is -2.02. The SMILES string of the molecule is CC(C)=CCC/C(C)=C\CC/C(C)=C\CC/C=C(\C)CC/C=C(\C)CCC=C(C)C. The summed E-state index contributed by atoms with van der Waals surface area (Å²) >= 11 is 0. The Morgan fingerprint density at radius 1 is 0.333 bits per heavy atom. The highest BCUT2D eigenvalue weighted by atomic mass is 14.0. The van der Waals surface area contributed by atoms with Crippen LogP contribution in [-0.4, -0.2) is 0 Å². The van der Waals surface area contributed by atoms with Crippen molar-refractivity contribution in [1.29, 1.82) is 0 Å². The minimum atomic E-state index is 1.17. The molecule has 0 unspecified atom stereocenters. The first-order chi connectivity index (χ1) is 14.2. The van der Waals surface area contributed by atoms with Crippen molar-refractivity contribution in [1.82, 2.24) is 0 Å². The summed E-state index contributed by atoms with van der Waals surface area (Å²) in [6, 6.07) is 0. The van der Waals surface area contributed by atoms with Gasteiger partial charge in [0.25, 0.3) is 0 Å². The van der Waals surface area contributed by atoms with Crippen LogP contribution in [0.3, 0.4) is 0 Å². The van der Waals surface area contributed by atoms with Gasteiger partial charge >= 0.3 is 0 Å². The molecule has 170 valence electrons. The zero-order chi connectivity index (χ0) is 22.8. The van der Waals surface area contributed by atoms with E-state index in [4.69, 9.17) is 0 Å². The zero-order valence-corrected chi connectivity index (χ0v) is 21.5. The molecule has 0 aliphatic rings. The molecule has 0 aliphatic carbocycles. The number of rotatable bonds is 15. The van der Waals surface area contributed by atoms with Crippen LogP contribution in [0.15, 0.2) is 69.9 Å². The fourth-order valence-electron chi connectivity index (χ4n) is 3.34. The van der Waals surface area contributed by atoms with Crippen molar-refractivity contribution < 1.29 is 0 Å². The van der Waals surface area contributed by atoms with Crippen LogP contribution in [-0.2, 0) is 0 Å². The summed E-state index contributed by atoms with van der Waals surface area (Å²) < 4.78 is 0. The summed E-state index contributed by atoms with van der Waals surface area (Å²) in [5.74, 6) is 0. The lowest BCUT2D eigenvalue weighted by Crippen LogP contribution is -1.82. The number of hydrogen-bond acceptors (Lipinski definition) is 0. The summed E-state index contributed by atoms with van der Waals surface area (Å²) in [4.78, 5) is 0. The lowest BCUT2D eigenvalue weighted by atomic mass is 10.0. The molecule has 0 aromatic carbocycles. The van der Waals surface area contributed by atoms with E-state index < -0.39 is 0 Å². The molecule has 0 N–H and O–H groups in total. The monoisotopic (exact) mass is 410 g/mol. The van der Waals surface area contributed by atoms with Crippen molar-refractivity contribution >= 4 is 0 Å². The first-order valence-corrected chi connectivity index (χ1v) is 12.1. The molecule has 0 saturated carbocycles. The highest BCUT2D eigenvalue weighted by Crippen LogP contribution is 2.14. The Morgan fingerprint density at radius 2 is 0.567 bits per heavy atom. The van der Waals surface area contributed by atoms with E-state index in [0.717, 1.165) is 0 Å². The van der Waals surface area contributed by atoms with Crippen LogP contribution in [0.4, 0.5) is 0 Å². The molecule has 0 aromatic rings. The van der Waals surface area contributed by atoms with Crippen molar-refractivity contribution in [2.45, 2.75) is 120 Å². The minimum Gasteiger partial charge on any atom is -0.0856 e. The molecular weight excluding hydrogens is 360 g/mol. The van der Waals surface area contributed by atoms with Crippen LogP contribution in [0, 0.1) is 0 Å². The van der Waals surface area contributed by atoms with Gasteiger partial charge in [0.2, 0.25) is 0 Å².